The van der Waals surface area contributed by atoms with Gasteiger partial charge in [-0.15, -0.1) is 0 Å². The van der Waals surface area contributed by atoms with Gasteiger partial charge in [0.05, 0.1) is 10.6 Å². The zero-order chi connectivity index (χ0) is 25.8. The Morgan fingerprint density at radius 3 is 2.16 bits per heavy atom. The Morgan fingerprint density at radius 2 is 1.46 bits per heavy atom. The average molecular weight is 619 g/mol. The van der Waals surface area contributed by atoms with E-state index in [1.165, 1.54) is 15.3 Å². The molecule has 0 aliphatic heterocycles. The third kappa shape index (κ3) is 5.65. The van der Waals surface area contributed by atoms with Crippen LogP contribution in [0.2, 0.25) is 0 Å². The van der Waals surface area contributed by atoms with Gasteiger partial charge >= 0.3 is 0 Å². The van der Waals surface area contributed by atoms with Crippen LogP contribution < -0.4 is 4.31 Å². The fraction of sp³-hybridized carbons (Fsp3) is 0.0968. The Kier molecular flexibility index (Phi) is 7.48. The molecule has 0 saturated carbocycles. The minimum atomic E-state index is -3.79. The molecule has 0 atom stereocenters. The van der Waals surface area contributed by atoms with Crippen LogP contribution in [0.3, 0.4) is 0 Å². The van der Waals surface area contributed by atoms with E-state index in [1.54, 1.807) is 18.3 Å². The standard InChI is InChI=1S/C31H27IN2O2S/c1-24-16-18-29(19-17-24)37(35,36)34(28-12-6-3-7-13-28)23-27(32)20-26-22-33(21-25-10-4-2-5-11-25)31-15-9-8-14-30(26)31/h2-19,22-23H,20-21H2,1H3/b27-23-. The Bertz CT molecular complexity index is 1640. The van der Waals surface area contributed by atoms with E-state index in [-0.39, 0.29) is 4.90 Å². The van der Waals surface area contributed by atoms with Gasteiger partial charge in [0.15, 0.2) is 0 Å². The fourth-order valence-corrected chi connectivity index (χ4v) is 6.66. The molecule has 1 heterocycles. The lowest BCUT2D eigenvalue weighted by Gasteiger charge is -2.21. The maximum absolute atomic E-state index is 13.7. The maximum atomic E-state index is 13.7. The second kappa shape index (κ2) is 10.9. The van der Waals surface area contributed by atoms with Crippen molar-refractivity contribution in [3.8, 4) is 0 Å². The molecular weight excluding hydrogens is 591 g/mol. The number of aromatic nitrogens is 1. The molecule has 0 saturated heterocycles. The van der Waals surface area contributed by atoms with Crippen LogP contribution in [0, 0.1) is 6.92 Å². The Morgan fingerprint density at radius 1 is 0.838 bits per heavy atom. The van der Waals surface area contributed by atoms with Crippen molar-refractivity contribution in [2.75, 3.05) is 4.31 Å². The molecule has 0 N–H and O–H groups in total. The van der Waals surface area contributed by atoms with E-state index in [0.29, 0.717) is 12.1 Å². The summed E-state index contributed by atoms with van der Waals surface area (Å²) in [7, 11) is -3.79. The van der Waals surface area contributed by atoms with Crippen molar-refractivity contribution in [1.29, 1.82) is 0 Å². The molecule has 0 aliphatic carbocycles. The lowest BCUT2D eigenvalue weighted by molar-refractivity contribution is 0.595. The number of allylic oxidation sites excluding steroid dienone is 1. The smallest absolute Gasteiger partial charge is 0.268 e. The number of hydrogen-bond acceptors (Lipinski definition) is 2. The summed E-state index contributed by atoms with van der Waals surface area (Å²) < 4.78 is 32.0. The zero-order valence-corrected chi connectivity index (χ0v) is 23.4. The molecule has 1 aromatic heterocycles. The molecule has 5 rings (SSSR count). The van der Waals surface area contributed by atoms with Crippen molar-refractivity contribution >= 4 is 49.2 Å². The molecular formula is C31H27IN2O2S. The van der Waals surface area contributed by atoms with Gasteiger partial charge in [0.1, 0.15) is 0 Å². The topological polar surface area (TPSA) is 42.3 Å². The summed E-state index contributed by atoms with van der Waals surface area (Å²) in [5, 5.41) is 1.17. The van der Waals surface area contributed by atoms with Crippen LogP contribution in [-0.4, -0.2) is 13.0 Å². The number of para-hydroxylation sites is 2. The van der Waals surface area contributed by atoms with Gasteiger partial charge in [0.2, 0.25) is 0 Å². The highest BCUT2D eigenvalue weighted by molar-refractivity contribution is 14.1. The van der Waals surface area contributed by atoms with E-state index in [0.717, 1.165) is 26.8 Å². The number of rotatable bonds is 8. The number of halogens is 1. The lowest BCUT2D eigenvalue weighted by atomic mass is 10.1. The fourth-order valence-electron chi connectivity index (χ4n) is 4.41. The normalized spacial score (nSPS) is 12.1. The number of benzene rings is 4. The number of hydrogen-bond donors (Lipinski definition) is 0. The first-order valence-electron chi connectivity index (χ1n) is 12.0. The third-order valence-electron chi connectivity index (χ3n) is 6.27. The molecule has 6 heteroatoms. The largest absolute Gasteiger partial charge is 0.343 e. The first-order valence-corrected chi connectivity index (χ1v) is 14.6. The minimum Gasteiger partial charge on any atom is -0.343 e. The summed E-state index contributed by atoms with van der Waals surface area (Å²) in [6.07, 6.45) is 4.55. The summed E-state index contributed by atoms with van der Waals surface area (Å²) in [6, 6.07) is 35.0. The van der Waals surface area contributed by atoms with Crippen LogP contribution in [0.4, 0.5) is 5.69 Å². The van der Waals surface area contributed by atoms with E-state index in [2.05, 4.69) is 75.8 Å². The minimum absolute atomic E-state index is 0.266. The first kappa shape index (κ1) is 25.3. The first-order chi connectivity index (χ1) is 17.9. The van der Waals surface area contributed by atoms with Crippen LogP contribution >= 0.6 is 22.6 Å². The summed E-state index contributed by atoms with van der Waals surface area (Å²) in [5.41, 5.74) is 5.18. The highest BCUT2D eigenvalue weighted by Crippen LogP contribution is 2.30. The maximum Gasteiger partial charge on any atom is 0.268 e. The van der Waals surface area contributed by atoms with Crippen molar-refractivity contribution in [2.24, 2.45) is 0 Å². The Balaban J connectivity index is 1.51. The van der Waals surface area contributed by atoms with E-state index >= 15 is 0 Å². The molecule has 0 radical (unpaired) electrons. The summed E-state index contributed by atoms with van der Waals surface area (Å²) in [4.78, 5) is 0.266. The van der Waals surface area contributed by atoms with Gasteiger partial charge in [-0.3, -0.25) is 0 Å². The second-order valence-electron chi connectivity index (χ2n) is 8.99. The van der Waals surface area contributed by atoms with Crippen molar-refractivity contribution in [3.63, 3.8) is 0 Å². The SMILES string of the molecule is Cc1ccc(S(=O)(=O)N(/C=C(\I)Cc2cn(Cc3ccccc3)c3ccccc23)c2ccccc2)cc1. The molecule has 0 spiro atoms. The van der Waals surface area contributed by atoms with Crippen molar-refractivity contribution in [2.45, 2.75) is 24.8 Å². The van der Waals surface area contributed by atoms with Gasteiger partial charge < -0.3 is 4.57 Å². The molecule has 0 fully saturated rings. The monoisotopic (exact) mass is 618 g/mol. The Hall–Kier alpha value is -3.36. The molecule has 186 valence electrons. The molecule has 4 aromatic carbocycles. The molecule has 5 aromatic rings. The number of nitrogens with zero attached hydrogens (tertiary/aromatic N) is 2. The van der Waals surface area contributed by atoms with Gasteiger partial charge in [-0.05, 0) is 71.0 Å². The molecule has 0 aliphatic rings. The van der Waals surface area contributed by atoms with Crippen LogP contribution in [0.1, 0.15) is 16.7 Å². The number of fused-ring (bicyclic) bond motifs is 1. The van der Waals surface area contributed by atoms with Crippen LogP contribution in [0.25, 0.3) is 10.9 Å². The molecule has 37 heavy (non-hydrogen) atoms. The second-order valence-corrected chi connectivity index (χ2v) is 12.2. The van der Waals surface area contributed by atoms with Crippen molar-refractivity contribution in [3.05, 3.63) is 142 Å². The van der Waals surface area contributed by atoms with Gasteiger partial charge in [-0.1, -0.05) is 84.4 Å². The van der Waals surface area contributed by atoms with E-state index in [1.807, 2.05) is 61.5 Å². The predicted molar refractivity (Wildman–Crippen MR) is 161 cm³/mol. The third-order valence-corrected chi connectivity index (χ3v) is 8.63. The lowest BCUT2D eigenvalue weighted by Crippen LogP contribution is -2.26. The number of aryl methyl sites for hydroxylation is 1. The molecule has 0 unspecified atom stereocenters. The van der Waals surface area contributed by atoms with Crippen molar-refractivity contribution in [1.82, 2.24) is 4.57 Å². The summed E-state index contributed by atoms with van der Waals surface area (Å²) in [5.74, 6) is 0. The predicted octanol–water partition coefficient (Wildman–Crippen LogP) is 7.71. The highest BCUT2D eigenvalue weighted by Gasteiger charge is 2.24. The summed E-state index contributed by atoms with van der Waals surface area (Å²) >= 11 is 2.26. The van der Waals surface area contributed by atoms with Gasteiger partial charge in [-0.2, -0.15) is 0 Å². The quantitative estimate of drug-likeness (QED) is 0.167. The van der Waals surface area contributed by atoms with Gasteiger partial charge in [0, 0.05) is 39.8 Å². The van der Waals surface area contributed by atoms with Crippen LogP contribution in [-0.2, 0) is 23.0 Å². The number of sulfonamides is 1. The highest BCUT2D eigenvalue weighted by atomic mass is 127. The van der Waals surface area contributed by atoms with E-state index < -0.39 is 10.0 Å². The van der Waals surface area contributed by atoms with Crippen LogP contribution in [0.5, 0.6) is 0 Å². The van der Waals surface area contributed by atoms with Crippen molar-refractivity contribution < 1.29 is 8.42 Å². The Labute approximate surface area is 232 Å². The van der Waals surface area contributed by atoms with Gasteiger partial charge in [0.25, 0.3) is 10.0 Å². The van der Waals surface area contributed by atoms with Gasteiger partial charge in [-0.25, -0.2) is 12.7 Å². The molecule has 0 bridgehead atoms. The summed E-state index contributed by atoms with van der Waals surface area (Å²) in [6.45, 7) is 2.72. The molecule has 0 amide bonds. The number of anilines is 1. The average Bonchev–Trinajstić information content (AvgIpc) is 3.25. The molecule has 4 nitrogen and oxygen atoms in total. The van der Waals surface area contributed by atoms with E-state index in [9.17, 15) is 8.42 Å². The van der Waals surface area contributed by atoms with E-state index in [4.69, 9.17) is 0 Å². The van der Waals surface area contributed by atoms with Crippen LogP contribution in [0.15, 0.2) is 130 Å². The zero-order valence-electron chi connectivity index (χ0n) is 20.5.